The van der Waals surface area contributed by atoms with Gasteiger partial charge in [-0.2, -0.15) is 0 Å². The lowest BCUT2D eigenvalue weighted by Gasteiger charge is -2.19. The number of aryl methyl sites for hydroxylation is 1. The maximum Gasteiger partial charge on any atom is 0.514 e. The first kappa shape index (κ1) is 21.0. The van der Waals surface area contributed by atoms with Gasteiger partial charge in [0.15, 0.2) is 0 Å². The SMILES string of the molecule is CCCCC(OC(=O)Oc1cccc(CCC)c1CCC)c1ccccc1. The van der Waals surface area contributed by atoms with Crippen molar-refractivity contribution in [1.82, 2.24) is 0 Å². The highest BCUT2D eigenvalue weighted by atomic mass is 16.7. The Labute approximate surface area is 163 Å². The van der Waals surface area contributed by atoms with Gasteiger partial charge in [0.25, 0.3) is 0 Å². The summed E-state index contributed by atoms with van der Waals surface area (Å²) in [6, 6.07) is 15.9. The van der Waals surface area contributed by atoms with Crippen molar-refractivity contribution in [1.29, 1.82) is 0 Å². The van der Waals surface area contributed by atoms with Crippen LogP contribution in [-0.2, 0) is 17.6 Å². The van der Waals surface area contributed by atoms with Crippen LogP contribution in [0.2, 0.25) is 0 Å². The summed E-state index contributed by atoms with van der Waals surface area (Å²) in [5.74, 6) is 0.634. The van der Waals surface area contributed by atoms with E-state index in [-0.39, 0.29) is 6.10 Å². The quantitative estimate of drug-likeness (QED) is 0.333. The Morgan fingerprint density at radius 2 is 1.63 bits per heavy atom. The fourth-order valence-electron chi connectivity index (χ4n) is 3.32. The molecule has 0 aliphatic rings. The zero-order valence-electron chi connectivity index (χ0n) is 16.9. The van der Waals surface area contributed by atoms with Gasteiger partial charge < -0.3 is 9.47 Å². The largest absolute Gasteiger partial charge is 0.514 e. The Bertz CT molecular complexity index is 694. The Morgan fingerprint density at radius 1 is 0.889 bits per heavy atom. The van der Waals surface area contributed by atoms with Gasteiger partial charge in [0.2, 0.25) is 0 Å². The summed E-state index contributed by atoms with van der Waals surface area (Å²) in [7, 11) is 0. The van der Waals surface area contributed by atoms with Gasteiger partial charge in [0, 0.05) is 0 Å². The molecule has 0 aliphatic carbocycles. The Balaban J connectivity index is 2.14. The molecule has 0 saturated heterocycles. The standard InChI is InChI=1S/C24H32O3/c1-4-7-17-22(20-14-9-8-10-15-20)26-24(25)27-23-18-11-16-19(12-5-2)21(23)13-6-3/h8-11,14-16,18,22H,4-7,12-13,17H2,1-3H3. The number of benzene rings is 2. The number of rotatable bonds is 10. The minimum atomic E-state index is -0.619. The molecule has 0 radical (unpaired) electrons. The van der Waals surface area contributed by atoms with E-state index < -0.39 is 6.16 Å². The molecular formula is C24H32O3. The minimum Gasteiger partial charge on any atom is -0.426 e. The van der Waals surface area contributed by atoms with E-state index in [1.54, 1.807) is 0 Å². The van der Waals surface area contributed by atoms with Crippen LogP contribution in [0.15, 0.2) is 48.5 Å². The molecule has 0 N–H and O–H groups in total. The van der Waals surface area contributed by atoms with Gasteiger partial charge in [-0.3, -0.25) is 0 Å². The van der Waals surface area contributed by atoms with E-state index in [0.717, 1.165) is 56.1 Å². The molecule has 3 nitrogen and oxygen atoms in total. The molecule has 0 aliphatic heterocycles. The predicted molar refractivity (Wildman–Crippen MR) is 110 cm³/mol. The number of hydrogen-bond acceptors (Lipinski definition) is 3. The molecule has 2 aromatic rings. The topological polar surface area (TPSA) is 35.5 Å². The summed E-state index contributed by atoms with van der Waals surface area (Å²) in [5.41, 5.74) is 3.40. The Morgan fingerprint density at radius 3 is 2.30 bits per heavy atom. The van der Waals surface area contributed by atoms with E-state index in [0.29, 0.717) is 5.75 Å². The van der Waals surface area contributed by atoms with E-state index in [2.05, 4.69) is 26.8 Å². The third-order valence-electron chi connectivity index (χ3n) is 4.67. The van der Waals surface area contributed by atoms with Crippen molar-refractivity contribution in [3.05, 3.63) is 65.2 Å². The van der Waals surface area contributed by atoms with Crippen molar-refractivity contribution in [2.24, 2.45) is 0 Å². The smallest absolute Gasteiger partial charge is 0.426 e. The summed E-state index contributed by atoms with van der Waals surface area (Å²) in [6.07, 6.45) is 5.93. The average molecular weight is 369 g/mol. The van der Waals surface area contributed by atoms with Crippen LogP contribution in [0.5, 0.6) is 5.75 Å². The third-order valence-corrected chi connectivity index (χ3v) is 4.67. The number of carbonyl (C=O) groups excluding carboxylic acids is 1. The molecule has 3 heteroatoms. The molecule has 0 fully saturated rings. The van der Waals surface area contributed by atoms with Crippen molar-refractivity contribution in [2.75, 3.05) is 0 Å². The second-order valence-electron chi connectivity index (χ2n) is 6.91. The van der Waals surface area contributed by atoms with Crippen molar-refractivity contribution >= 4 is 6.16 Å². The zero-order chi connectivity index (χ0) is 19.5. The van der Waals surface area contributed by atoms with E-state index >= 15 is 0 Å². The van der Waals surface area contributed by atoms with Crippen LogP contribution in [0.3, 0.4) is 0 Å². The molecule has 0 aromatic heterocycles. The fourth-order valence-corrected chi connectivity index (χ4v) is 3.32. The molecule has 0 bridgehead atoms. The summed E-state index contributed by atoms with van der Waals surface area (Å²) < 4.78 is 11.4. The average Bonchev–Trinajstić information content (AvgIpc) is 2.68. The lowest BCUT2D eigenvalue weighted by atomic mass is 9.98. The highest BCUT2D eigenvalue weighted by Gasteiger charge is 2.19. The minimum absolute atomic E-state index is 0.271. The van der Waals surface area contributed by atoms with Gasteiger partial charge in [0.1, 0.15) is 11.9 Å². The molecule has 0 amide bonds. The van der Waals surface area contributed by atoms with Crippen molar-refractivity contribution in [3.63, 3.8) is 0 Å². The van der Waals surface area contributed by atoms with Crippen LogP contribution in [0.4, 0.5) is 4.79 Å². The van der Waals surface area contributed by atoms with E-state index in [1.807, 2.05) is 42.5 Å². The second-order valence-corrected chi connectivity index (χ2v) is 6.91. The molecule has 1 atom stereocenters. The number of ether oxygens (including phenoxy) is 2. The predicted octanol–water partition coefficient (Wildman–Crippen LogP) is 7.04. The maximum atomic E-state index is 12.5. The zero-order valence-corrected chi connectivity index (χ0v) is 16.9. The summed E-state index contributed by atoms with van der Waals surface area (Å²) in [6.45, 7) is 6.44. The lowest BCUT2D eigenvalue weighted by molar-refractivity contribution is 0.0527. The maximum absolute atomic E-state index is 12.5. The monoisotopic (exact) mass is 368 g/mol. The summed E-state index contributed by atoms with van der Waals surface area (Å²) in [4.78, 5) is 12.5. The van der Waals surface area contributed by atoms with Gasteiger partial charge >= 0.3 is 6.16 Å². The van der Waals surface area contributed by atoms with Crippen LogP contribution in [0.1, 0.15) is 75.7 Å². The van der Waals surface area contributed by atoms with E-state index in [9.17, 15) is 4.79 Å². The normalized spacial score (nSPS) is 11.8. The number of carbonyl (C=O) groups is 1. The third kappa shape index (κ3) is 6.42. The first-order valence-corrected chi connectivity index (χ1v) is 10.2. The molecular weight excluding hydrogens is 336 g/mol. The van der Waals surface area contributed by atoms with Gasteiger partial charge in [-0.15, -0.1) is 0 Å². The molecule has 1 unspecified atom stereocenters. The molecule has 0 saturated carbocycles. The highest BCUT2D eigenvalue weighted by Crippen LogP contribution is 2.28. The van der Waals surface area contributed by atoms with Crippen molar-refractivity contribution in [3.8, 4) is 5.75 Å². The van der Waals surface area contributed by atoms with Crippen LogP contribution in [-0.4, -0.2) is 6.16 Å². The molecule has 0 heterocycles. The molecule has 27 heavy (non-hydrogen) atoms. The molecule has 2 rings (SSSR count). The number of unbranched alkanes of at least 4 members (excludes halogenated alkanes) is 1. The van der Waals surface area contributed by atoms with Gasteiger partial charge in [-0.1, -0.05) is 82.5 Å². The summed E-state index contributed by atoms with van der Waals surface area (Å²) in [5, 5.41) is 0. The van der Waals surface area contributed by atoms with Gasteiger partial charge in [0.05, 0.1) is 0 Å². The van der Waals surface area contributed by atoms with Crippen LogP contribution < -0.4 is 4.74 Å². The molecule has 0 spiro atoms. The molecule has 146 valence electrons. The first-order valence-electron chi connectivity index (χ1n) is 10.2. The van der Waals surface area contributed by atoms with Crippen LogP contribution in [0, 0.1) is 0 Å². The Hall–Kier alpha value is -2.29. The van der Waals surface area contributed by atoms with Gasteiger partial charge in [-0.05, 0) is 48.4 Å². The van der Waals surface area contributed by atoms with Crippen LogP contribution >= 0.6 is 0 Å². The van der Waals surface area contributed by atoms with E-state index in [1.165, 1.54) is 5.56 Å². The van der Waals surface area contributed by atoms with E-state index in [4.69, 9.17) is 9.47 Å². The number of hydrogen-bond donors (Lipinski definition) is 0. The van der Waals surface area contributed by atoms with Crippen LogP contribution in [0.25, 0.3) is 0 Å². The Kier molecular flexibility index (Phi) is 8.90. The first-order chi connectivity index (χ1) is 13.2. The van der Waals surface area contributed by atoms with Gasteiger partial charge in [-0.25, -0.2) is 4.79 Å². The highest BCUT2D eigenvalue weighted by molar-refractivity contribution is 5.65. The second kappa shape index (κ2) is 11.4. The summed E-state index contributed by atoms with van der Waals surface area (Å²) >= 11 is 0. The fraction of sp³-hybridized carbons (Fsp3) is 0.458. The van der Waals surface area contributed by atoms with Crippen molar-refractivity contribution in [2.45, 2.75) is 71.8 Å². The lowest BCUT2D eigenvalue weighted by Crippen LogP contribution is -2.16. The van der Waals surface area contributed by atoms with Crippen molar-refractivity contribution < 1.29 is 14.3 Å². The molecule has 2 aromatic carbocycles.